The van der Waals surface area contributed by atoms with Crippen molar-refractivity contribution in [2.45, 2.75) is 33.4 Å². The molecule has 1 aromatic rings. The Bertz CT molecular complexity index is 365. The SMILES string of the molecule is CCNCc1ccncc1N(CC)C(C)CN(C)C. The molecule has 108 valence electrons. The van der Waals surface area contributed by atoms with Crippen molar-refractivity contribution in [2.24, 2.45) is 0 Å². The number of nitrogens with one attached hydrogen (secondary N) is 1. The van der Waals surface area contributed by atoms with E-state index in [9.17, 15) is 0 Å². The molecule has 1 rings (SSSR count). The van der Waals surface area contributed by atoms with Gasteiger partial charge in [-0.3, -0.25) is 4.98 Å². The van der Waals surface area contributed by atoms with E-state index in [-0.39, 0.29) is 0 Å². The van der Waals surface area contributed by atoms with Crippen LogP contribution in [-0.4, -0.2) is 49.7 Å². The number of rotatable bonds is 8. The van der Waals surface area contributed by atoms with E-state index in [1.54, 1.807) is 0 Å². The molecule has 0 amide bonds. The fourth-order valence-corrected chi connectivity index (χ4v) is 2.43. The number of anilines is 1. The summed E-state index contributed by atoms with van der Waals surface area (Å²) in [6.45, 7) is 10.5. The van der Waals surface area contributed by atoms with Gasteiger partial charge in [0.25, 0.3) is 0 Å². The van der Waals surface area contributed by atoms with E-state index in [1.165, 1.54) is 11.3 Å². The van der Waals surface area contributed by atoms with E-state index in [0.29, 0.717) is 6.04 Å². The normalized spacial score (nSPS) is 12.7. The van der Waals surface area contributed by atoms with Crippen LogP contribution in [-0.2, 0) is 6.54 Å². The Morgan fingerprint density at radius 2 is 2.05 bits per heavy atom. The minimum Gasteiger partial charge on any atom is -0.366 e. The maximum Gasteiger partial charge on any atom is 0.0601 e. The summed E-state index contributed by atoms with van der Waals surface area (Å²) in [6.07, 6.45) is 3.86. The number of aromatic nitrogens is 1. The highest BCUT2D eigenvalue weighted by molar-refractivity contribution is 5.52. The lowest BCUT2D eigenvalue weighted by Gasteiger charge is -2.33. The first-order valence-corrected chi connectivity index (χ1v) is 7.15. The molecular weight excluding hydrogens is 236 g/mol. The molecule has 0 bridgehead atoms. The van der Waals surface area contributed by atoms with Crippen molar-refractivity contribution < 1.29 is 0 Å². The van der Waals surface area contributed by atoms with Crippen LogP contribution in [0.25, 0.3) is 0 Å². The van der Waals surface area contributed by atoms with Crippen molar-refractivity contribution in [1.82, 2.24) is 15.2 Å². The smallest absolute Gasteiger partial charge is 0.0601 e. The molecule has 1 N–H and O–H groups in total. The third kappa shape index (κ3) is 4.80. The van der Waals surface area contributed by atoms with E-state index in [0.717, 1.165) is 26.2 Å². The summed E-state index contributed by atoms with van der Waals surface area (Å²) in [6, 6.07) is 2.59. The van der Waals surface area contributed by atoms with Gasteiger partial charge in [0.2, 0.25) is 0 Å². The molecule has 4 nitrogen and oxygen atoms in total. The largest absolute Gasteiger partial charge is 0.366 e. The Morgan fingerprint density at radius 3 is 2.63 bits per heavy atom. The maximum absolute atomic E-state index is 4.30. The molecular formula is C15H28N4. The molecule has 1 heterocycles. The van der Waals surface area contributed by atoms with Crippen LogP contribution < -0.4 is 10.2 Å². The molecule has 19 heavy (non-hydrogen) atoms. The fourth-order valence-electron chi connectivity index (χ4n) is 2.43. The predicted octanol–water partition coefficient (Wildman–Crippen LogP) is 1.97. The highest BCUT2D eigenvalue weighted by atomic mass is 15.2. The van der Waals surface area contributed by atoms with E-state index in [2.05, 4.69) is 61.0 Å². The number of hydrogen-bond acceptors (Lipinski definition) is 4. The van der Waals surface area contributed by atoms with Gasteiger partial charge in [-0.25, -0.2) is 0 Å². The van der Waals surface area contributed by atoms with Crippen LogP contribution >= 0.6 is 0 Å². The standard InChI is InChI=1S/C15H28N4/c1-6-16-10-14-8-9-17-11-15(14)19(7-2)13(3)12-18(4)5/h8-9,11,13,16H,6-7,10,12H2,1-5H3. The van der Waals surface area contributed by atoms with E-state index in [4.69, 9.17) is 0 Å². The minimum atomic E-state index is 0.476. The lowest BCUT2D eigenvalue weighted by atomic mass is 10.1. The molecule has 1 aromatic heterocycles. The Kier molecular flexibility index (Phi) is 6.81. The van der Waals surface area contributed by atoms with E-state index in [1.807, 2.05) is 12.4 Å². The molecule has 0 aliphatic heterocycles. The molecule has 1 atom stereocenters. The van der Waals surface area contributed by atoms with Crippen LogP contribution in [0.5, 0.6) is 0 Å². The molecule has 0 aliphatic carbocycles. The van der Waals surface area contributed by atoms with E-state index < -0.39 is 0 Å². The second kappa shape index (κ2) is 8.12. The highest BCUT2D eigenvalue weighted by Crippen LogP contribution is 2.21. The summed E-state index contributed by atoms with van der Waals surface area (Å²) in [5.74, 6) is 0. The van der Waals surface area contributed by atoms with Crippen LogP contribution in [0.4, 0.5) is 5.69 Å². The highest BCUT2D eigenvalue weighted by Gasteiger charge is 2.16. The van der Waals surface area contributed by atoms with Gasteiger partial charge in [0.1, 0.15) is 0 Å². The number of hydrogen-bond donors (Lipinski definition) is 1. The van der Waals surface area contributed by atoms with Crippen LogP contribution in [0.1, 0.15) is 26.3 Å². The lowest BCUT2D eigenvalue weighted by molar-refractivity contribution is 0.372. The third-order valence-electron chi connectivity index (χ3n) is 3.26. The summed E-state index contributed by atoms with van der Waals surface area (Å²) in [5.41, 5.74) is 2.57. The zero-order chi connectivity index (χ0) is 14.3. The molecule has 0 radical (unpaired) electrons. The summed E-state index contributed by atoms with van der Waals surface area (Å²) in [5, 5.41) is 3.40. The molecule has 0 saturated heterocycles. The summed E-state index contributed by atoms with van der Waals surface area (Å²) in [7, 11) is 4.24. The molecule has 0 saturated carbocycles. The van der Waals surface area contributed by atoms with E-state index >= 15 is 0 Å². The quantitative estimate of drug-likeness (QED) is 0.778. The monoisotopic (exact) mass is 264 g/mol. The van der Waals surface area contributed by atoms with Crippen LogP contribution in [0.3, 0.4) is 0 Å². The van der Waals surface area contributed by atoms with Gasteiger partial charge in [-0.05, 0) is 46.1 Å². The first kappa shape index (κ1) is 15.9. The summed E-state index contributed by atoms with van der Waals surface area (Å²) >= 11 is 0. The van der Waals surface area contributed by atoms with Crippen molar-refractivity contribution >= 4 is 5.69 Å². The second-order valence-electron chi connectivity index (χ2n) is 5.18. The van der Waals surface area contributed by atoms with Gasteiger partial charge in [0.05, 0.1) is 11.9 Å². The van der Waals surface area contributed by atoms with Gasteiger partial charge in [0.15, 0.2) is 0 Å². The maximum atomic E-state index is 4.30. The molecule has 1 unspecified atom stereocenters. The van der Waals surface area contributed by atoms with Gasteiger partial charge in [-0.2, -0.15) is 0 Å². The van der Waals surface area contributed by atoms with Gasteiger partial charge in [0, 0.05) is 31.9 Å². The van der Waals surface area contributed by atoms with Crippen LogP contribution in [0.2, 0.25) is 0 Å². The Hall–Kier alpha value is -1.13. The zero-order valence-corrected chi connectivity index (χ0v) is 13.0. The number of likely N-dealkylation sites (N-methyl/N-ethyl adjacent to an activating group) is 2. The Morgan fingerprint density at radius 1 is 1.32 bits per heavy atom. The molecule has 0 aromatic carbocycles. The molecule has 0 spiro atoms. The summed E-state index contributed by atoms with van der Waals surface area (Å²) < 4.78 is 0. The average molecular weight is 264 g/mol. The van der Waals surface area contributed by atoms with Crippen LogP contribution in [0.15, 0.2) is 18.5 Å². The lowest BCUT2D eigenvalue weighted by Crippen LogP contribution is -2.40. The molecule has 0 fully saturated rings. The first-order chi connectivity index (χ1) is 9.10. The number of pyridine rings is 1. The average Bonchev–Trinajstić information content (AvgIpc) is 2.37. The minimum absolute atomic E-state index is 0.476. The third-order valence-corrected chi connectivity index (χ3v) is 3.26. The topological polar surface area (TPSA) is 31.4 Å². The van der Waals surface area contributed by atoms with Gasteiger partial charge in [-0.15, -0.1) is 0 Å². The van der Waals surface area contributed by atoms with Crippen molar-refractivity contribution in [1.29, 1.82) is 0 Å². The van der Waals surface area contributed by atoms with Crippen molar-refractivity contribution in [3.8, 4) is 0 Å². The van der Waals surface area contributed by atoms with Crippen molar-refractivity contribution in [3.63, 3.8) is 0 Å². The first-order valence-electron chi connectivity index (χ1n) is 7.15. The second-order valence-corrected chi connectivity index (χ2v) is 5.18. The summed E-state index contributed by atoms with van der Waals surface area (Å²) in [4.78, 5) is 8.96. The molecule has 4 heteroatoms. The van der Waals surface area contributed by atoms with Crippen molar-refractivity contribution in [3.05, 3.63) is 24.0 Å². The van der Waals surface area contributed by atoms with Crippen molar-refractivity contribution in [2.75, 3.05) is 38.6 Å². The predicted molar refractivity (Wildman–Crippen MR) is 82.7 cm³/mol. The Labute approximate surface area is 117 Å². The van der Waals surface area contributed by atoms with Crippen LogP contribution in [0, 0.1) is 0 Å². The fraction of sp³-hybridized carbons (Fsp3) is 0.667. The Balaban J connectivity index is 2.90. The zero-order valence-electron chi connectivity index (χ0n) is 13.0. The van der Waals surface area contributed by atoms with Gasteiger partial charge >= 0.3 is 0 Å². The number of nitrogens with zero attached hydrogens (tertiary/aromatic N) is 3. The molecule has 0 aliphatic rings. The van der Waals surface area contributed by atoms with Gasteiger partial charge < -0.3 is 15.1 Å². The van der Waals surface area contributed by atoms with Gasteiger partial charge in [-0.1, -0.05) is 6.92 Å².